The summed E-state index contributed by atoms with van der Waals surface area (Å²) in [6, 6.07) is 9.96. The fourth-order valence-corrected chi connectivity index (χ4v) is 6.62. The first-order chi connectivity index (χ1) is 29.9. The van der Waals surface area contributed by atoms with E-state index in [4.69, 9.17) is 4.74 Å². The van der Waals surface area contributed by atoms with Crippen LogP contribution in [0.4, 0.5) is 87.8 Å². The van der Waals surface area contributed by atoms with Gasteiger partial charge in [0.1, 0.15) is 58.9 Å². The molecule has 0 fully saturated rings. The van der Waals surface area contributed by atoms with E-state index in [0.29, 0.717) is 12.2 Å². The summed E-state index contributed by atoms with van der Waals surface area (Å²) in [5.41, 5.74) is -12.7. The molecule has 0 saturated carbocycles. The molecule has 0 spiro atoms. The number of benzene rings is 5. The molecule has 0 aliphatic heterocycles. The second kappa shape index (κ2) is 18.2. The number of hydrogen-bond acceptors (Lipinski definition) is 3. The van der Waals surface area contributed by atoms with Crippen molar-refractivity contribution in [2.24, 2.45) is 0 Å². The minimum atomic E-state index is -7.22. The van der Waals surface area contributed by atoms with Gasteiger partial charge in [-0.1, -0.05) is 30.3 Å². The summed E-state index contributed by atoms with van der Waals surface area (Å²) in [6.45, 7) is 4.28. The van der Waals surface area contributed by atoms with Crippen LogP contribution in [0.15, 0.2) is 48.9 Å². The van der Waals surface area contributed by atoms with E-state index in [2.05, 4.69) is 4.98 Å². The molecule has 0 saturated heterocycles. The number of nitrogens with zero attached hydrogens (tertiary/aromatic N) is 2. The Morgan fingerprint density at radius 1 is 0.484 bits per heavy atom. The Morgan fingerprint density at radius 3 is 1.05 bits per heavy atom. The van der Waals surface area contributed by atoms with Gasteiger partial charge in [0, 0.05) is 5.56 Å². The third kappa shape index (κ3) is 7.84. The number of hydrogen-bond donors (Lipinski definition) is 0. The van der Waals surface area contributed by atoms with Gasteiger partial charge in [-0.3, -0.25) is 4.98 Å². The molecular weight excluding hydrogens is 919 g/mol. The Balaban J connectivity index is 0.000000337. The van der Waals surface area contributed by atoms with E-state index in [0.717, 1.165) is 5.56 Å². The summed E-state index contributed by atoms with van der Waals surface area (Å²) >= 11 is 0. The SMILES string of the molecule is CC(C)OC(=O)c1cncc[n+]1Cc1ccccc1.Fc1c(F)c(F)c([B-](c2c(F)c(F)c(F)c(F)c2F)(c2c(F)c(F)c(F)c(F)c2F)c2c(F)c(F)c(F)c(F)c2F)c(F)c1F. The van der Waals surface area contributed by atoms with Crippen LogP contribution in [-0.4, -0.2) is 23.2 Å². The van der Waals surface area contributed by atoms with Crippen molar-refractivity contribution >= 4 is 34.0 Å². The zero-order chi connectivity index (χ0) is 48.0. The number of rotatable bonds is 8. The summed E-state index contributed by atoms with van der Waals surface area (Å²) in [5, 5.41) is 0. The molecule has 0 atom stereocenters. The molecule has 0 aliphatic rings. The zero-order valence-electron chi connectivity index (χ0n) is 31.3. The lowest BCUT2D eigenvalue weighted by Crippen LogP contribution is -2.81. The Hall–Kier alpha value is -6.69. The van der Waals surface area contributed by atoms with Gasteiger partial charge < -0.3 is 4.74 Å². The standard InChI is InChI=1S/C24BF20.C15H17N2O2/c26-5-1(6(27)14(35)21(42)13(5)34)25(2-7(28)15(36)22(43)16(37)8(2)29,3-9(30)17(38)23(44)18(39)10(3)31)4-11(32)19(40)24(45)20(41)12(4)33;1-12(2)19-15(18)14-10-16-8-9-17(14)11-13-6-4-3-5-7-13/h;3-10,12H,11H2,1-2H3/q-1;+1. The van der Waals surface area contributed by atoms with E-state index >= 15 is 35.1 Å². The van der Waals surface area contributed by atoms with Crippen molar-refractivity contribution in [1.29, 1.82) is 0 Å². The van der Waals surface area contributed by atoms with Crippen LogP contribution < -0.4 is 26.4 Å². The lowest BCUT2D eigenvalue weighted by Gasteiger charge is -2.44. The van der Waals surface area contributed by atoms with E-state index < -0.39 is 144 Å². The second-order valence-corrected chi connectivity index (χ2v) is 13.3. The Labute approximate surface area is 343 Å². The fourth-order valence-electron chi connectivity index (χ4n) is 6.62. The average Bonchev–Trinajstić information content (AvgIpc) is 3.26. The quantitative estimate of drug-likeness (QED) is 0.0391. The third-order valence-electron chi connectivity index (χ3n) is 9.29. The van der Waals surface area contributed by atoms with Crippen LogP contribution in [0.3, 0.4) is 0 Å². The highest BCUT2D eigenvalue weighted by Gasteiger charge is 2.52. The van der Waals surface area contributed by atoms with Gasteiger partial charge in [-0.05, 0) is 13.8 Å². The van der Waals surface area contributed by atoms with Crippen LogP contribution in [0, 0.1) is 116 Å². The average molecular weight is 936 g/mol. The number of halogens is 20. The fraction of sp³-hybridized carbons (Fsp3) is 0.103. The van der Waals surface area contributed by atoms with Crippen LogP contribution in [0.25, 0.3) is 0 Å². The van der Waals surface area contributed by atoms with Crippen molar-refractivity contribution in [2.75, 3.05) is 0 Å². The van der Waals surface area contributed by atoms with Gasteiger partial charge in [0.25, 0.3) is 0 Å². The summed E-state index contributed by atoms with van der Waals surface area (Å²) in [6.07, 6.45) is -2.38. The first-order valence-corrected chi connectivity index (χ1v) is 17.2. The van der Waals surface area contributed by atoms with E-state index in [1.165, 1.54) is 6.20 Å². The molecule has 0 aliphatic carbocycles. The van der Waals surface area contributed by atoms with E-state index in [9.17, 15) is 57.5 Å². The molecule has 1 heterocycles. The normalized spacial score (nSPS) is 11.5. The molecule has 0 unspecified atom stereocenters. The highest BCUT2D eigenvalue weighted by atomic mass is 19.2. The van der Waals surface area contributed by atoms with Crippen LogP contribution in [0.1, 0.15) is 29.9 Å². The minimum absolute atomic E-state index is 0.141. The van der Waals surface area contributed by atoms with Crippen LogP contribution >= 0.6 is 0 Å². The molecule has 4 nitrogen and oxygen atoms in total. The summed E-state index contributed by atoms with van der Waals surface area (Å²) in [5.74, 6) is -71.8. The van der Waals surface area contributed by atoms with Crippen molar-refractivity contribution in [3.63, 3.8) is 0 Å². The van der Waals surface area contributed by atoms with Crippen LogP contribution in [-0.2, 0) is 11.3 Å². The third-order valence-corrected chi connectivity index (χ3v) is 9.29. The molecular formula is C39H17BF20N2O2. The van der Waals surface area contributed by atoms with Crippen LogP contribution in [0.2, 0.25) is 0 Å². The Morgan fingerprint density at radius 2 is 0.766 bits per heavy atom. The number of carbonyl (C=O) groups excluding carboxylic acids is 1. The monoisotopic (exact) mass is 936 g/mol. The molecule has 25 heteroatoms. The predicted molar refractivity (Wildman–Crippen MR) is 180 cm³/mol. The van der Waals surface area contributed by atoms with Crippen molar-refractivity contribution < 1.29 is 102 Å². The van der Waals surface area contributed by atoms with Gasteiger partial charge in [-0.15, -0.1) is 21.9 Å². The van der Waals surface area contributed by atoms with Gasteiger partial charge >= 0.3 is 11.7 Å². The number of esters is 1. The van der Waals surface area contributed by atoms with E-state index in [1.54, 1.807) is 12.4 Å². The first-order valence-electron chi connectivity index (χ1n) is 17.2. The Kier molecular flexibility index (Phi) is 13.7. The van der Waals surface area contributed by atoms with Gasteiger partial charge in [-0.25, -0.2) is 92.6 Å². The molecule has 6 rings (SSSR count). The topological polar surface area (TPSA) is 43.1 Å². The van der Waals surface area contributed by atoms with Gasteiger partial charge in [0.15, 0.2) is 82.5 Å². The maximum atomic E-state index is 15.4. The van der Waals surface area contributed by atoms with Crippen molar-refractivity contribution in [2.45, 2.75) is 26.5 Å². The zero-order valence-corrected chi connectivity index (χ0v) is 31.3. The molecule has 5 aromatic carbocycles. The van der Waals surface area contributed by atoms with Crippen LogP contribution in [0.5, 0.6) is 0 Å². The lowest BCUT2D eigenvalue weighted by atomic mass is 9.12. The first kappa shape index (κ1) is 48.3. The summed E-state index contributed by atoms with van der Waals surface area (Å²) in [4.78, 5) is 16.0. The molecule has 0 bridgehead atoms. The smallest absolute Gasteiger partial charge is 0.405 e. The van der Waals surface area contributed by atoms with Gasteiger partial charge in [0.2, 0.25) is 0 Å². The largest absolute Gasteiger partial charge is 0.455 e. The molecule has 6 aromatic rings. The van der Waals surface area contributed by atoms with Crippen molar-refractivity contribution in [1.82, 2.24) is 4.98 Å². The molecule has 0 radical (unpaired) electrons. The number of ether oxygens (including phenoxy) is 1. The predicted octanol–water partition coefficient (Wildman–Crippen LogP) is 7.83. The number of aromatic nitrogens is 2. The maximum absolute atomic E-state index is 15.4. The number of carbonyl (C=O) groups is 1. The molecule has 0 N–H and O–H groups in total. The van der Waals surface area contributed by atoms with Gasteiger partial charge in [0.05, 0.1) is 12.3 Å². The van der Waals surface area contributed by atoms with Crippen molar-refractivity contribution in [3.8, 4) is 0 Å². The molecule has 1 aromatic heterocycles. The summed E-state index contributed by atoms with van der Waals surface area (Å²) in [7, 11) is 0. The highest BCUT2D eigenvalue weighted by Crippen LogP contribution is 2.30. The second-order valence-electron chi connectivity index (χ2n) is 13.3. The Bertz CT molecular complexity index is 2460. The molecule has 338 valence electrons. The maximum Gasteiger partial charge on any atom is 0.405 e. The summed E-state index contributed by atoms with van der Waals surface area (Å²) < 4.78 is 301. The molecule has 0 amide bonds. The van der Waals surface area contributed by atoms with E-state index in [-0.39, 0.29) is 12.1 Å². The highest BCUT2D eigenvalue weighted by molar-refractivity contribution is 7.20. The molecule has 64 heavy (non-hydrogen) atoms. The van der Waals surface area contributed by atoms with Gasteiger partial charge in [-0.2, -0.15) is 4.57 Å². The lowest BCUT2D eigenvalue weighted by molar-refractivity contribution is -0.691. The van der Waals surface area contributed by atoms with Crippen molar-refractivity contribution in [3.05, 3.63) is 177 Å². The van der Waals surface area contributed by atoms with E-state index in [1.807, 2.05) is 48.7 Å². The minimum Gasteiger partial charge on any atom is -0.455 e.